The van der Waals surface area contributed by atoms with Gasteiger partial charge in [0.1, 0.15) is 16.9 Å². The fourth-order valence-corrected chi connectivity index (χ4v) is 2.17. The van der Waals surface area contributed by atoms with Gasteiger partial charge in [0.25, 0.3) is 5.69 Å². The molecule has 0 aliphatic heterocycles. The molecule has 2 aromatic rings. The average molecular weight is 315 g/mol. The largest absolute Gasteiger partial charge is 0.507 e. The zero-order valence-electron chi connectivity index (χ0n) is 12.4. The van der Waals surface area contributed by atoms with E-state index in [2.05, 4.69) is 0 Å². The van der Waals surface area contributed by atoms with Crippen molar-refractivity contribution >= 4 is 17.6 Å². The lowest BCUT2D eigenvalue weighted by Crippen LogP contribution is -2.16. The second-order valence-electron chi connectivity index (χ2n) is 4.87. The van der Waals surface area contributed by atoms with Crippen LogP contribution < -0.4 is 0 Å². The number of hydrogen-bond donors (Lipinski definition) is 1. The van der Waals surface area contributed by atoms with Crippen LogP contribution in [0.3, 0.4) is 0 Å². The van der Waals surface area contributed by atoms with Crippen LogP contribution in [-0.4, -0.2) is 22.0 Å². The molecule has 7 heteroatoms. The number of phenols is 1. The lowest BCUT2D eigenvalue weighted by Gasteiger charge is -2.09. The molecule has 2 rings (SSSR count). The number of carbonyl (C=O) groups excluding carboxylic acids is 2. The molecule has 7 nitrogen and oxygen atoms in total. The lowest BCUT2D eigenvalue weighted by atomic mass is 10.1. The van der Waals surface area contributed by atoms with Gasteiger partial charge in [0, 0.05) is 6.07 Å². The quantitative estimate of drug-likeness (QED) is 0.404. The van der Waals surface area contributed by atoms with Crippen LogP contribution in [0, 0.1) is 24.0 Å². The van der Waals surface area contributed by atoms with E-state index in [1.807, 2.05) is 0 Å². The van der Waals surface area contributed by atoms with Gasteiger partial charge in [0.15, 0.2) is 0 Å². The normalized spacial score (nSPS) is 10.2. The molecule has 0 radical (unpaired) electrons. The van der Waals surface area contributed by atoms with Gasteiger partial charge < -0.3 is 9.84 Å². The topological polar surface area (TPSA) is 107 Å². The van der Waals surface area contributed by atoms with Crippen molar-refractivity contribution in [2.75, 3.05) is 0 Å². The Morgan fingerprint density at radius 1 is 1.00 bits per heavy atom. The third kappa shape index (κ3) is 3.18. The average Bonchev–Trinajstić information content (AvgIpc) is 2.46. The number of ether oxygens (including phenoxy) is 1. The molecule has 0 aliphatic rings. The zero-order chi connectivity index (χ0) is 17.1. The summed E-state index contributed by atoms with van der Waals surface area (Å²) in [6.45, 7) is 3.07. The number of aryl methyl sites for hydroxylation is 2. The fraction of sp³-hybridized carbons (Fsp3) is 0.125. The van der Waals surface area contributed by atoms with Crippen molar-refractivity contribution in [3.8, 4) is 5.75 Å². The van der Waals surface area contributed by atoms with Gasteiger partial charge in [-0.25, -0.2) is 9.59 Å². The summed E-state index contributed by atoms with van der Waals surface area (Å²) in [5, 5.41) is 20.7. The molecule has 0 saturated carbocycles. The van der Waals surface area contributed by atoms with Crippen molar-refractivity contribution in [2.24, 2.45) is 0 Å². The van der Waals surface area contributed by atoms with Crippen LogP contribution in [0.15, 0.2) is 36.4 Å². The van der Waals surface area contributed by atoms with Gasteiger partial charge >= 0.3 is 11.9 Å². The van der Waals surface area contributed by atoms with E-state index in [4.69, 9.17) is 4.74 Å². The van der Waals surface area contributed by atoms with Crippen LogP contribution in [0.25, 0.3) is 0 Å². The second-order valence-corrected chi connectivity index (χ2v) is 4.87. The minimum absolute atomic E-state index is 0.155. The summed E-state index contributed by atoms with van der Waals surface area (Å²) < 4.78 is 4.71. The third-order valence-corrected chi connectivity index (χ3v) is 3.29. The Kier molecular flexibility index (Phi) is 4.40. The molecule has 0 fully saturated rings. The second kappa shape index (κ2) is 6.27. The zero-order valence-corrected chi connectivity index (χ0v) is 12.4. The van der Waals surface area contributed by atoms with Gasteiger partial charge in [-0.15, -0.1) is 0 Å². The molecule has 0 unspecified atom stereocenters. The van der Waals surface area contributed by atoms with Crippen molar-refractivity contribution in [3.63, 3.8) is 0 Å². The summed E-state index contributed by atoms with van der Waals surface area (Å²) in [6.07, 6.45) is 0. The maximum atomic E-state index is 12.2. The van der Waals surface area contributed by atoms with E-state index in [9.17, 15) is 24.8 Å². The molecule has 0 amide bonds. The Bertz CT molecular complexity index is 792. The van der Waals surface area contributed by atoms with Crippen molar-refractivity contribution < 1.29 is 24.4 Å². The molecular formula is C16H13NO6. The van der Waals surface area contributed by atoms with E-state index in [0.29, 0.717) is 11.1 Å². The van der Waals surface area contributed by atoms with Crippen LogP contribution in [0.2, 0.25) is 0 Å². The Morgan fingerprint density at radius 2 is 1.52 bits per heavy atom. The molecule has 0 bridgehead atoms. The van der Waals surface area contributed by atoms with E-state index >= 15 is 0 Å². The van der Waals surface area contributed by atoms with Crippen LogP contribution in [0.4, 0.5) is 5.69 Å². The molecule has 2 aromatic carbocycles. The van der Waals surface area contributed by atoms with Crippen molar-refractivity contribution in [3.05, 3.63) is 68.8 Å². The van der Waals surface area contributed by atoms with Crippen molar-refractivity contribution in [1.82, 2.24) is 0 Å². The first-order valence-electron chi connectivity index (χ1n) is 6.62. The van der Waals surface area contributed by atoms with Crippen LogP contribution in [0.5, 0.6) is 5.75 Å². The molecule has 23 heavy (non-hydrogen) atoms. The SMILES string of the molecule is Cc1cccc(O)c1C(=O)OC(=O)c1c(C)cccc1[N+](=O)[O-]. The smallest absolute Gasteiger partial charge is 0.353 e. The number of hydrogen-bond acceptors (Lipinski definition) is 6. The number of aromatic hydroxyl groups is 1. The van der Waals surface area contributed by atoms with Gasteiger partial charge in [-0.1, -0.05) is 24.3 Å². The number of phenolic OH excluding ortho intramolecular Hbond substituents is 1. The molecule has 0 spiro atoms. The van der Waals surface area contributed by atoms with Crippen molar-refractivity contribution in [2.45, 2.75) is 13.8 Å². The summed E-state index contributed by atoms with van der Waals surface area (Å²) in [7, 11) is 0. The van der Waals surface area contributed by atoms with E-state index in [-0.39, 0.29) is 16.9 Å². The van der Waals surface area contributed by atoms with E-state index in [1.165, 1.54) is 31.2 Å². The molecule has 1 N–H and O–H groups in total. The monoisotopic (exact) mass is 315 g/mol. The highest BCUT2D eigenvalue weighted by molar-refractivity contribution is 6.06. The number of rotatable bonds is 3. The Labute approximate surface area is 131 Å². The van der Waals surface area contributed by atoms with Gasteiger partial charge in [-0.05, 0) is 31.0 Å². The predicted molar refractivity (Wildman–Crippen MR) is 80.4 cm³/mol. The van der Waals surface area contributed by atoms with E-state index in [0.717, 1.165) is 6.07 Å². The highest BCUT2D eigenvalue weighted by atomic mass is 16.6. The van der Waals surface area contributed by atoms with E-state index in [1.54, 1.807) is 13.0 Å². The summed E-state index contributed by atoms with van der Waals surface area (Å²) in [4.78, 5) is 34.5. The maximum absolute atomic E-state index is 12.2. The molecule has 0 saturated heterocycles. The molecular weight excluding hydrogens is 302 g/mol. The van der Waals surface area contributed by atoms with E-state index < -0.39 is 22.5 Å². The lowest BCUT2D eigenvalue weighted by molar-refractivity contribution is -0.385. The predicted octanol–water partition coefficient (Wildman–Crippen LogP) is 2.91. The number of benzene rings is 2. The van der Waals surface area contributed by atoms with Gasteiger partial charge in [-0.2, -0.15) is 0 Å². The summed E-state index contributed by atoms with van der Waals surface area (Å²) >= 11 is 0. The first-order chi connectivity index (χ1) is 10.8. The number of nitro groups is 1. The summed E-state index contributed by atoms with van der Waals surface area (Å²) in [6, 6.07) is 8.47. The third-order valence-electron chi connectivity index (χ3n) is 3.29. The fourth-order valence-electron chi connectivity index (χ4n) is 2.17. The summed E-state index contributed by atoms with van der Waals surface area (Å²) in [5.41, 5.74) is -0.166. The Balaban J connectivity index is 2.37. The van der Waals surface area contributed by atoms with Crippen LogP contribution >= 0.6 is 0 Å². The Morgan fingerprint density at radius 3 is 2.09 bits per heavy atom. The molecule has 0 heterocycles. The molecule has 0 aromatic heterocycles. The molecule has 118 valence electrons. The van der Waals surface area contributed by atoms with Gasteiger partial charge in [0.2, 0.25) is 0 Å². The van der Waals surface area contributed by atoms with Gasteiger partial charge in [-0.3, -0.25) is 10.1 Å². The number of carbonyl (C=O) groups is 2. The van der Waals surface area contributed by atoms with Crippen LogP contribution in [-0.2, 0) is 4.74 Å². The molecule has 0 atom stereocenters. The first-order valence-corrected chi connectivity index (χ1v) is 6.62. The standard InChI is InChI=1S/C16H13NO6/c1-9-5-3-7-11(17(21)22)13(9)15(19)23-16(20)14-10(2)6-4-8-12(14)18/h3-8,18H,1-2H3. The summed E-state index contributed by atoms with van der Waals surface area (Å²) in [5.74, 6) is -2.53. The Hall–Kier alpha value is -3.22. The molecule has 0 aliphatic carbocycles. The maximum Gasteiger partial charge on any atom is 0.353 e. The number of nitrogens with zero attached hydrogens (tertiary/aromatic N) is 1. The van der Waals surface area contributed by atoms with Crippen LogP contribution in [0.1, 0.15) is 31.8 Å². The highest BCUT2D eigenvalue weighted by Crippen LogP contribution is 2.25. The number of nitro benzene ring substituents is 1. The number of esters is 2. The van der Waals surface area contributed by atoms with Gasteiger partial charge in [0.05, 0.1) is 4.92 Å². The first kappa shape index (κ1) is 16.2. The highest BCUT2D eigenvalue weighted by Gasteiger charge is 2.27. The van der Waals surface area contributed by atoms with Crippen molar-refractivity contribution in [1.29, 1.82) is 0 Å². The minimum Gasteiger partial charge on any atom is -0.507 e. The minimum atomic E-state index is -1.14.